The first-order valence-electron chi connectivity index (χ1n) is 9.59. The molecule has 0 saturated carbocycles. The van der Waals surface area contributed by atoms with Gasteiger partial charge in [0.25, 0.3) is 0 Å². The molecule has 0 unspecified atom stereocenters. The number of nitrogens with zero attached hydrogens (tertiary/aromatic N) is 4. The Balaban J connectivity index is 1.53. The van der Waals surface area contributed by atoms with Gasteiger partial charge in [0.15, 0.2) is 5.82 Å². The van der Waals surface area contributed by atoms with Crippen molar-refractivity contribution in [2.75, 3.05) is 6.54 Å². The number of H-pyrrole nitrogens is 1. The van der Waals surface area contributed by atoms with Crippen LogP contribution in [0.1, 0.15) is 68.2 Å². The number of carbonyl (C=O) groups is 1. The van der Waals surface area contributed by atoms with Gasteiger partial charge in [-0.05, 0) is 43.9 Å². The number of carbonyl (C=O) groups excluding carboxylic acids is 1. The zero-order valence-corrected chi connectivity index (χ0v) is 16.0. The van der Waals surface area contributed by atoms with Crippen LogP contribution in [-0.2, 0) is 11.2 Å². The Morgan fingerprint density at radius 3 is 2.96 bits per heavy atom. The highest BCUT2D eigenvalue weighted by molar-refractivity contribution is 5.82. The van der Waals surface area contributed by atoms with Gasteiger partial charge >= 0.3 is 0 Å². The molecule has 1 aliphatic rings. The van der Waals surface area contributed by atoms with Crippen molar-refractivity contribution >= 4 is 16.9 Å². The summed E-state index contributed by atoms with van der Waals surface area (Å²) in [5.74, 6) is 2.44. The van der Waals surface area contributed by atoms with Crippen molar-refractivity contribution < 1.29 is 9.32 Å². The number of hydrogen-bond acceptors (Lipinski definition) is 5. The van der Waals surface area contributed by atoms with Crippen LogP contribution in [0.2, 0.25) is 0 Å². The minimum Gasteiger partial charge on any atom is -0.342 e. The molecule has 3 heterocycles. The molecule has 27 heavy (non-hydrogen) atoms. The van der Waals surface area contributed by atoms with Gasteiger partial charge in [-0.2, -0.15) is 4.98 Å². The lowest BCUT2D eigenvalue weighted by Crippen LogP contribution is -2.39. The van der Waals surface area contributed by atoms with E-state index < -0.39 is 0 Å². The van der Waals surface area contributed by atoms with Gasteiger partial charge in [-0.3, -0.25) is 4.79 Å². The van der Waals surface area contributed by atoms with Crippen LogP contribution in [0.3, 0.4) is 0 Å². The predicted octanol–water partition coefficient (Wildman–Crippen LogP) is 3.67. The third-order valence-electron chi connectivity index (χ3n) is 5.10. The lowest BCUT2D eigenvalue weighted by Gasteiger charge is -2.33. The van der Waals surface area contributed by atoms with Crippen molar-refractivity contribution in [1.29, 1.82) is 0 Å². The maximum Gasteiger partial charge on any atom is 0.249 e. The number of aromatic nitrogens is 4. The van der Waals surface area contributed by atoms with E-state index in [1.54, 1.807) is 0 Å². The van der Waals surface area contributed by atoms with Crippen LogP contribution in [-0.4, -0.2) is 37.5 Å². The SMILES string of the molecule is Cc1nc2ccc(CC(=O)N3CCCC[C@@H]3c3nc(C(C)C)no3)cc2[nH]1. The van der Waals surface area contributed by atoms with Crippen LogP contribution in [0.15, 0.2) is 22.7 Å². The summed E-state index contributed by atoms with van der Waals surface area (Å²) in [6, 6.07) is 5.82. The summed E-state index contributed by atoms with van der Waals surface area (Å²) < 4.78 is 5.49. The number of nitrogens with one attached hydrogen (secondary N) is 1. The summed E-state index contributed by atoms with van der Waals surface area (Å²) in [4.78, 5) is 27.1. The average molecular weight is 367 g/mol. The number of aryl methyl sites for hydroxylation is 1. The third kappa shape index (κ3) is 3.59. The summed E-state index contributed by atoms with van der Waals surface area (Å²) in [7, 11) is 0. The number of hydrogen-bond donors (Lipinski definition) is 1. The van der Waals surface area contributed by atoms with E-state index in [1.165, 1.54) is 0 Å². The molecule has 7 nitrogen and oxygen atoms in total. The van der Waals surface area contributed by atoms with Gasteiger partial charge in [-0.1, -0.05) is 25.1 Å². The second kappa shape index (κ2) is 7.13. The molecule has 1 N–H and O–H groups in total. The Kier molecular flexibility index (Phi) is 4.68. The van der Waals surface area contributed by atoms with Crippen LogP contribution in [0.4, 0.5) is 0 Å². The second-order valence-corrected chi connectivity index (χ2v) is 7.59. The Labute approximate surface area is 158 Å². The van der Waals surface area contributed by atoms with Crippen LogP contribution in [0.5, 0.6) is 0 Å². The van der Waals surface area contributed by atoms with Gasteiger partial charge < -0.3 is 14.4 Å². The van der Waals surface area contributed by atoms with Crippen molar-refractivity contribution in [3.63, 3.8) is 0 Å². The molecule has 1 atom stereocenters. The molecule has 0 aliphatic carbocycles. The Bertz CT molecular complexity index is 958. The number of benzene rings is 1. The monoisotopic (exact) mass is 367 g/mol. The maximum absolute atomic E-state index is 13.0. The fourth-order valence-electron chi connectivity index (χ4n) is 3.67. The van der Waals surface area contributed by atoms with E-state index >= 15 is 0 Å². The summed E-state index contributed by atoms with van der Waals surface area (Å²) in [6.07, 6.45) is 3.29. The topological polar surface area (TPSA) is 87.9 Å². The van der Waals surface area contributed by atoms with Crippen LogP contribution < -0.4 is 0 Å². The van der Waals surface area contributed by atoms with Crippen molar-refractivity contribution in [2.45, 2.75) is 58.4 Å². The summed E-state index contributed by atoms with van der Waals surface area (Å²) >= 11 is 0. The standard InChI is InChI=1S/C20H25N5O2/c1-12(2)19-23-20(27-24-19)17-6-4-5-9-25(17)18(26)11-14-7-8-15-16(10-14)22-13(3)21-15/h7-8,10,12,17H,4-6,9,11H2,1-3H3,(H,21,22)/t17-/m1/s1. The summed E-state index contributed by atoms with van der Waals surface area (Å²) in [5, 5.41) is 4.07. The van der Waals surface area contributed by atoms with Crippen molar-refractivity contribution in [3.05, 3.63) is 41.3 Å². The molecule has 142 valence electrons. The quantitative estimate of drug-likeness (QED) is 0.760. The van der Waals surface area contributed by atoms with E-state index in [0.717, 1.165) is 48.2 Å². The number of imidazole rings is 1. The van der Waals surface area contributed by atoms with E-state index in [0.29, 0.717) is 18.1 Å². The molecule has 1 saturated heterocycles. The minimum atomic E-state index is -0.121. The highest BCUT2D eigenvalue weighted by Crippen LogP contribution is 2.31. The molecule has 1 aromatic carbocycles. The molecule has 1 amide bonds. The van der Waals surface area contributed by atoms with Crippen molar-refractivity contribution in [2.24, 2.45) is 0 Å². The first-order valence-corrected chi connectivity index (χ1v) is 9.59. The maximum atomic E-state index is 13.0. The number of amides is 1. The van der Waals surface area contributed by atoms with Crippen molar-refractivity contribution in [3.8, 4) is 0 Å². The fourth-order valence-corrected chi connectivity index (χ4v) is 3.67. The molecule has 2 aromatic heterocycles. The fraction of sp³-hybridized carbons (Fsp3) is 0.500. The van der Waals surface area contributed by atoms with Crippen LogP contribution >= 0.6 is 0 Å². The Morgan fingerprint density at radius 2 is 2.19 bits per heavy atom. The minimum absolute atomic E-state index is 0.0968. The number of likely N-dealkylation sites (tertiary alicyclic amines) is 1. The second-order valence-electron chi connectivity index (χ2n) is 7.59. The van der Waals surface area contributed by atoms with E-state index in [9.17, 15) is 4.79 Å². The van der Waals surface area contributed by atoms with Gasteiger partial charge in [0.05, 0.1) is 17.5 Å². The number of aromatic amines is 1. The van der Waals surface area contributed by atoms with Crippen LogP contribution in [0, 0.1) is 6.92 Å². The number of piperidine rings is 1. The molecule has 0 spiro atoms. The predicted molar refractivity (Wildman–Crippen MR) is 101 cm³/mol. The first-order chi connectivity index (χ1) is 13.0. The highest BCUT2D eigenvalue weighted by Gasteiger charge is 2.32. The largest absolute Gasteiger partial charge is 0.342 e. The molecule has 7 heteroatoms. The molecule has 0 bridgehead atoms. The lowest BCUT2D eigenvalue weighted by molar-refractivity contribution is -0.135. The molecule has 1 fully saturated rings. The first kappa shape index (κ1) is 17.7. The zero-order valence-electron chi connectivity index (χ0n) is 16.0. The average Bonchev–Trinajstić information content (AvgIpc) is 3.27. The van der Waals surface area contributed by atoms with E-state index in [2.05, 4.69) is 20.1 Å². The number of rotatable bonds is 4. The molecule has 4 rings (SSSR count). The van der Waals surface area contributed by atoms with Crippen molar-refractivity contribution in [1.82, 2.24) is 25.0 Å². The van der Waals surface area contributed by atoms with Gasteiger partial charge in [0, 0.05) is 12.5 Å². The molecule has 1 aliphatic heterocycles. The molecule has 0 radical (unpaired) electrons. The van der Waals surface area contributed by atoms with Gasteiger partial charge in [0.1, 0.15) is 11.9 Å². The normalized spacial score (nSPS) is 17.8. The van der Waals surface area contributed by atoms with E-state index in [4.69, 9.17) is 4.52 Å². The van der Waals surface area contributed by atoms with Gasteiger partial charge in [-0.25, -0.2) is 4.98 Å². The molecule has 3 aromatic rings. The Hall–Kier alpha value is -2.70. The molecular formula is C20H25N5O2. The highest BCUT2D eigenvalue weighted by atomic mass is 16.5. The smallest absolute Gasteiger partial charge is 0.249 e. The van der Waals surface area contributed by atoms with Gasteiger partial charge in [0.2, 0.25) is 11.8 Å². The number of fused-ring (bicyclic) bond motifs is 1. The van der Waals surface area contributed by atoms with Gasteiger partial charge in [-0.15, -0.1) is 0 Å². The van der Waals surface area contributed by atoms with Crippen LogP contribution in [0.25, 0.3) is 11.0 Å². The lowest BCUT2D eigenvalue weighted by atomic mass is 10.0. The molecular weight excluding hydrogens is 342 g/mol. The zero-order chi connectivity index (χ0) is 19.0. The third-order valence-corrected chi connectivity index (χ3v) is 5.10. The van der Waals surface area contributed by atoms with E-state index in [-0.39, 0.29) is 17.9 Å². The summed E-state index contributed by atoms with van der Waals surface area (Å²) in [5.41, 5.74) is 2.87. The van der Waals surface area contributed by atoms with E-state index in [1.807, 2.05) is 43.9 Å². The Morgan fingerprint density at radius 1 is 1.33 bits per heavy atom. The summed E-state index contributed by atoms with van der Waals surface area (Å²) in [6.45, 7) is 6.73.